The molecule has 3 N–H and O–H groups in total. The van der Waals surface area contributed by atoms with Gasteiger partial charge in [0.25, 0.3) is 0 Å². The van der Waals surface area contributed by atoms with Crippen LogP contribution in [0.3, 0.4) is 0 Å². The summed E-state index contributed by atoms with van der Waals surface area (Å²) in [6.45, 7) is 6.90. The van der Waals surface area contributed by atoms with Crippen molar-refractivity contribution in [2.24, 2.45) is 5.92 Å². The summed E-state index contributed by atoms with van der Waals surface area (Å²) >= 11 is 0. The summed E-state index contributed by atoms with van der Waals surface area (Å²) in [5, 5.41) is 30.0. The van der Waals surface area contributed by atoms with Gasteiger partial charge >= 0.3 is 0 Å². The van der Waals surface area contributed by atoms with Crippen molar-refractivity contribution in [3.05, 3.63) is 29.3 Å². The third kappa shape index (κ3) is 5.21. The smallest absolute Gasteiger partial charge is 0.119 e. The van der Waals surface area contributed by atoms with Crippen LogP contribution in [-0.4, -0.2) is 28.0 Å². The minimum Gasteiger partial charge on any atom is -0.508 e. The van der Waals surface area contributed by atoms with Gasteiger partial charge in [-0.2, -0.15) is 0 Å². The Labute approximate surface area is 153 Å². The molecular formula is C22H36O3. The Morgan fingerprint density at radius 1 is 1.16 bits per heavy atom. The Bertz CT molecular complexity index is 536. The third-order valence-corrected chi connectivity index (χ3v) is 6.07. The first-order valence-electron chi connectivity index (χ1n) is 10.0. The number of benzene rings is 1. The standard InChI is InChI=1S/C22H36O3/c1-4-5-12-22(2,3)17-9-11-19(21(25)14-17)20-15-18(24)10-8-16(20)7-6-13-23/h9,11,14,16,18,20,23-25H,4-8,10,12-13,15H2,1-3H3. The first-order chi connectivity index (χ1) is 11.9. The van der Waals surface area contributed by atoms with Crippen LogP contribution in [0.4, 0.5) is 0 Å². The van der Waals surface area contributed by atoms with Crippen LogP contribution in [-0.2, 0) is 5.41 Å². The number of hydrogen-bond acceptors (Lipinski definition) is 3. The second-order valence-corrected chi connectivity index (χ2v) is 8.46. The van der Waals surface area contributed by atoms with E-state index in [1.165, 1.54) is 18.4 Å². The summed E-state index contributed by atoms with van der Waals surface area (Å²) in [7, 11) is 0. The lowest BCUT2D eigenvalue weighted by atomic mass is 9.71. The molecule has 1 fully saturated rings. The summed E-state index contributed by atoms with van der Waals surface area (Å²) in [4.78, 5) is 0. The maximum absolute atomic E-state index is 10.7. The molecule has 0 aromatic heterocycles. The zero-order valence-corrected chi connectivity index (χ0v) is 16.2. The van der Waals surface area contributed by atoms with E-state index < -0.39 is 0 Å². The molecule has 3 heteroatoms. The maximum atomic E-state index is 10.7. The fraction of sp³-hybridized carbons (Fsp3) is 0.727. The molecule has 1 aliphatic rings. The largest absolute Gasteiger partial charge is 0.508 e. The molecule has 142 valence electrons. The highest BCUT2D eigenvalue weighted by molar-refractivity contribution is 5.42. The van der Waals surface area contributed by atoms with Gasteiger partial charge in [0.15, 0.2) is 0 Å². The Kier molecular flexibility index (Phi) is 7.33. The number of aliphatic hydroxyl groups is 2. The van der Waals surface area contributed by atoms with Crippen LogP contribution in [0.15, 0.2) is 18.2 Å². The molecule has 0 spiro atoms. The van der Waals surface area contributed by atoms with Crippen LogP contribution >= 0.6 is 0 Å². The average molecular weight is 349 g/mol. The van der Waals surface area contributed by atoms with Gasteiger partial charge < -0.3 is 15.3 Å². The monoisotopic (exact) mass is 348 g/mol. The van der Waals surface area contributed by atoms with E-state index in [0.717, 1.165) is 37.7 Å². The number of aromatic hydroxyl groups is 1. The van der Waals surface area contributed by atoms with Gasteiger partial charge in [0.2, 0.25) is 0 Å². The van der Waals surface area contributed by atoms with Crippen LogP contribution in [0.25, 0.3) is 0 Å². The van der Waals surface area contributed by atoms with Gasteiger partial charge in [0, 0.05) is 6.61 Å². The number of phenolic OH excluding ortho intramolecular Hbond substituents is 1. The summed E-state index contributed by atoms with van der Waals surface area (Å²) < 4.78 is 0. The normalized spacial score (nSPS) is 24.4. The van der Waals surface area contributed by atoms with Crippen molar-refractivity contribution >= 4 is 0 Å². The molecule has 0 amide bonds. The van der Waals surface area contributed by atoms with Crippen molar-refractivity contribution in [1.29, 1.82) is 0 Å². The van der Waals surface area contributed by atoms with E-state index in [0.29, 0.717) is 18.1 Å². The zero-order chi connectivity index (χ0) is 18.4. The van der Waals surface area contributed by atoms with Crippen molar-refractivity contribution in [3.8, 4) is 5.75 Å². The predicted molar refractivity (Wildman–Crippen MR) is 103 cm³/mol. The van der Waals surface area contributed by atoms with Gasteiger partial charge in [-0.25, -0.2) is 0 Å². The van der Waals surface area contributed by atoms with E-state index in [1.807, 2.05) is 6.07 Å². The van der Waals surface area contributed by atoms with Gasteiger partial charge in [-0.05, 0) is 73.0 Å². The van der Waals surface area contributed by atoms with Crippen molar-refractivity contribution in [2.75, 3.05) is 6.61 Å². The van der Waals surface area contributed by atoms with E-state index >= 15 is 0 Å². The highest BCUT2D eigenvalue weighted by Crippen LogP contribution is 2.44. The fourth-order valence-corrected chi connectivity index (χ4v) is 4.33. The fourth-order valence-electron chi connectivity index (χ4n) is 4.33. The highest BCUT2D eigenvalue weighted by atomic mass is 16.3. The molecule has 1 aromatic rings. The number of aliphatic hydroxyl groups excluding tert-OH is 2. The van der Waals surface area contributed by atoms with Crippen LogP contribution in [0, 0.1) is 5.92 Å². The molecule has 0 heterocycles. The third-order valence-electron chi connectivity index (χ3n) is 6.07. The Balaban J connectivity index is 2.22. The number of unbranched alkanes of at least 4 members (excludes halogenated alkanes) is 1. The van der Waals surface area contributed by atoms with E-state index in [2.05, 4.69) is 32.9 Å². The van der Waals surface area contributed by atoms with Crippen LogP contribution < -0.4 is 0 Å². The molecule has 1 aromatic carbocycles. The molecule has 3 unspecified atom stereocenters. The lowest BCUT2D eigenvalue weighted by molar-refractivity contribution is 0.0879. The zero-order valence-electron chi connectivity index (χ0n) is 16.2. The average Bonchev–Trinajstić information content (AvgIpc) is 2.59. The molecule has 3 nitrogen and oxygen atoms in total. The van der Waals surface area contributed by atoms with E-state index in [9.17, 15) is 10.2 Å². The summed E-state index contributed by atoms with van der Waals surface area (Å²) in [6, 6.07) is 6.18. The predicted octanol–water partition coefficient (Wildman–Crippen LogP) is 4.88. The highest BCUT2D eigenvalue weighted by Gasteiger charge is 2.32. The lowest BCUT2D eigenvalue weighted by Gasteiger charge is -2.35. The van der Waals surface area contributed by atoms with Crippen molar-refractivity contribution in [3.63, 3.8) is 0 Å². The van der Waals surface area contributed by atoms with E-state index in [-0.39, 0.29) is 24.0 Å². The van der Waals surface area contributed by atoms with Gasteiger partial charge in [-0.15, -0.1) is 0 Å². The second kappa shape index (κ2) is 9.05. The minimum atomic E-state index is -0.282. The maximum Gasteiger partial charge on any atom is 0.119 e. The summed E-state index contributed by atoms with van der Waals surface area (Å²) in [5.41, 5.74) is 2.22. The topological polar surface area (TPSA) is 60.7 Å². The van der Waals surface area contributed by atoms with Gasteiger partial charge in [-0.1, -0.05) is 45.7 Å². The molecule has 3 atom stereocenters. The summed E-state index contributed by atoms with van der Waals surface area (Å²) in [6.07, 6.45) is 7.46. The van der Waals surface area contributed by atoms with Gasteiger partial charge in [0.05, 0.1) is 6.10 Å². The molecule has 0 saturated heterocycles. The lowest BCUT2D eigenvalue weighted by Crippen LogP contribution is -2.27. The molecule has 1 aliphatic carbocycles. The first-order valence-corrected chi connectivity index (χ1v) is 10.0. The Morgan fingerprint density at radius 2 is 1.92 bits per heavy atom. The number of hydrogen-bond donors (Lipinski definition) is 3. The van der Waals surface area contributed by atoms with Crippen LogP contribution in [0.2, 0.25) is 0 Å². The minimum absolute atomic E-state index is 0.0639. The molecule has 0 aliphatic heterocycles. The molecule has 1 saturated carbocycles. The molecule has 0 bridgehead atoms. The number of rotatable bonds is 8. The van der Waals surface area contributed by atoms with Crippen molar-refractivity contribution in [2.45, 2.75) is 89.6 Å². The Morgan fingerprint density at radius 3 is 2.56 bits per heavy atom. The first kappa shape index (κ1) is 20.3. The number of phenols is 1. The van der Waals surface area contributed by atoms with Crippen LogP contribution in [0.1, 0.15) is 89.2 Å². The van der Waals surface area contributed by atoms with Crippen molar-refractivity contribution in [1.82, 2.24) is 0 Å². The van der Waals surface area contributed by atoms with E-state index in [1.54, 1.807) is 0 Å². The second-order valence-electron chi connectivity index (χ2n) is 8.46. The molecule has 25 heavy (non-hydrogen) atoms. The molecular weight excluding hydrogens is 312 g/mol. The van der Waals surface area contributed by atoms with Crippen molar-refractivity contribution < 1.29 is 15.3 Å². The summed E-state index contributed by atoms with van der Waals surface area (Å²) in [5.74, 6) is 0.985. The van der Waals surface area contributed by atoms with Crippen LogP contribution in [0.5, 0.6) is 5.75 Å². The molecule has 0 radical (unpaired) electrons. The SMILES string of the molecule is CCCCC(C)(C)c1ccc(C2CC(O)CCC2CCCO)c(O)c1. The quantitative estimate of drug-likeness (QED) is 0.627. The van der Waals surface area contributed by atoms with Gasteiger partial charge in [-0.3, -0.25) is 0 Å². The Hall–Kier alpha value is -1.06. The molecule has 2 rings (SSSR count). The van der Waals surface area contributed by atoms with Gasteiger partial charge in [0.1, 0.15) is 5.75 Å². The van der Waals surface area contributed by atoms with E-state index in [4.69, 9.17) is 5.11 Å².